The van der Waals surface area contributed by atoms with Gasteiger partial charge in [0.2, 0.25) is 5.91 Å². The fourth-order valence-electron chi connectivity index (χ4n) is 2.25. The van der Waals surface area contributed by atoms with Gasteiger partial charge in [0.25, 0.3) is 0 Å². The molecule has 2 aromatic rings. The van der Waals surface area contributed by atoms with Crippen LogP contribution in [-0.2, 0) is 11.3 Å². The second-order valence-electron chi connectivity index (χ2n) is 5.30. The number of methoxy groups -OCH3 is 1. The summed E-state index contributed by atoms with van der Waals surface area (Å²) in [5.41, 5.74) is 0.729. The zero-order valence-corrected chi connectivity index (χ0v) is 14.9. The van der Waals surface area contributed by atoms with Gasteiger partial charge >= 0.3 is 0 Å². The number of carbonyl (C=O) groups excluding carboxylic acids is 1. The smallest absolute Gasteiger partial charge is 0.238 e. The molecule has 0 atom stereocenters. The van der Waals surface area contributed by atoms with Crippen LogP contribution >= 0.6 is 15.9 Å². The number of hydrogen-bond acceptors (Lipinski definition) is 3. The van der Waals surface area contributed by atoms with E-state index in [4.69, 9.17) is 4.74 Å². The standard InChI is InChI=1S/C17H17BrF2N2O2/c1-22(9-11-7-12(18)3-6-16(11)24-2)10-17(23)21-15-8-13(19)4-5-14(15)20/h3-8H,9-10H2,1-2H3,(H,21,23). The molecular weight excluding hydrogens is 382 g/mol. The molecule has 0 aliphatic heterocycles. The molecule has 0 saturated carbocycles. The van der Waals surface area contributed by atoms with Crippen molar-refractivity contribution in [3.63, 3.8) is 0 Å². The SMILES string of the molecule is COc1ccc(Br)cc1CN(C)CC(=O)Nc1cc(F)ccc1F. The van der Waals surface area contributed by atoms with Crippen molar-refractivity contribution in [1.82, 2.24) is 4.90 Å². The molecule has 7 heteroatoms. The Hall–Kier alpha value is -1.99. The predicted octanol–water partition coefficient (Wildman–Crippen LogP) is 3.81. The van der Waals surface area contributed by atoms with Gasteiger partial charge in [0, 0.05) is 22.6 Å². The number of hydrogen-bond donors (Lipinski definition) is 1. The number of nitrogens with zero attached hydrogens (tertiary/aromatic N) is 1. The molecule has 0 aliphatic carbocycles. The molecule has 2 aromatic carbocycles. The summed E-state index contributed by atoms with van der Waals surface area (Å²) in [7, 11) is 3.33. The van der Waals surface area contributed by atoms with Crippen molar-refractivity contribution in [3.8, 4) is 5.75 Å². The summed E-state index contributed by atoms with van der Waals surface area (Å²) in [5, 5.41) is 2.37. The predicted molar refractivity (Wildman–Crippen MR) is 92.0 cm³/mol. The molecule has 0 heterocycles. The third kappa shape index (κ3) is 5.01. The van der Waals surface area contributed by atoms with E-state index in [9.17, 15) is 13.6 Å². The molecular formula is C17H17BrF2N2O2. The van der Waals surface area contributed by atoms with Crippen molar-refractivity contribution in [2.24, 2.45) is 0 Å². The second-order valence-corrected chi connectivity index (χ2v) is 6.22. The fourth-order valence-corrected chi connectivity index (χ4v) is 2.65. The van der Waals surface area contributed by atoms with Gasteiger partial charge in [0.05, 0.1) is 19.3 Å². The molecule has 0 fully saturated rings. The van der Waals surface area contributed by atoms with Gasteiger partial charge in [-0.15, -0.1) is 0 Å². The molecule has 0 saturated heterocycles. The van der Waals surface area contributed by atoms with E-state index in [1.54, 1.807) is 19.1 Å². The largest absolute Gasteiger partial charge is 0.496 e. The lowest BCUT2D eigenvalue weighted by molar-refractivity contribution is -0.117. The number of benzene rings is 2. The number of nitrogens with one attached hydrogen (secondary N) is 1. The van der Waals surface area contributed by atoms with Crippen molar-refractivity contribution in [3.05, 3.63) is 58.1 Å². The Balaban J connectivity index is 1.99. The Kier molecular flexibility index (Phi) is 6.28. The van der Waals surface area contributed by atoms with E-state index >= 15 is 0 Å². The zero-order chi connectivity index (χ0) is 17.7. The van der Waals surface area contributed by atoms with Crippen molar-refractivity contribution in [2.45, 2.75) is 6.54 Å². The molecule has 0 aliphatic rings. The minimum Gasteiger partial charge on any atom is -0.496 e. The zero-order valence-electron chi connectivity index (χ0n) is 13.3. The van der Waals surface area contributed by atoms with Crippen LogP contribution in [0.4, 0.5) is 14.5 Å². The van der Waals surface area contributed by atoms with Crippen LogP contribution in [-0.4, -0.2) is 31.5 Å². The summed E-state index contributed by atoms with van der Waals surface area (Å²) in [6.07, 6.45) is 0. The van der Waals surface area contributed by atoms with Crippen LogP contribution in [0.1, 0.15) is 5.56 Å². The first-order valence-electron chi connectivity index (χ1n) is 7.15. The lowest BCUT2D eigenvalue weighted by Gasteiger charge is -2.18. The molecule has 24 heavy (non-hydrogen) atoms. The van der Waals surface area contributed by atoms with Crippen molar-refractivity contribution >= 4 is 27.5 Å². The molecule has 0 spiro atoms. The van der Waals surface area contributed by atoms with Crippen LogP contribution in [0.3, 0.4) is 0 Å². The van der Waals surface area contributed by atoms with Crippen molar-refractivity contribution in [1.29, 1.82) is 0 Å². The molecule has 4 nitrogen and oxygen atoms in total. The lowest BCUT2D eigenvalue weighted by atomic mass is 10.2. The van der Waals surface area contributed by atoms with E-state index < -0.39 is 17.5 Å². The molecule has 0 aromatic heterocycles. The number of anilines is 1. The number of carbonyl (C=O) groups is 1. The van der Waals surface area contributed by atoms with Crippen LogP contribution in [0.5, 0.6) is 5.75 Å². The molecule has 0 bridgehead atoms. The quantitative estimate of drug-likeness (QED) is 0.804. The van der Waals surface area contributed by atoms with Crippen LogP contribution in [0, 0.1) is 11.6 Å². The normalized spacial score (nSPS) is 10.8. The Morgan fingerprint density at radius 1 is 1.25 bits per heavy atom. The Morgan fingerprint density at radius 3 is 2.71 bits per heavy atom. The Morgan fingerprint density at radius 2 is 2.00 bits per heavy atom. The molecule has 2 rings (SSSR count). The van der Waals surface area contributed by atoms with E-state index in [0.29, 0.717) is 12.3 Å². The summed E-state index contributed by atoms with van der Waals surface area (Å²) in [6.45, 7) is 0.479. The van der Waals surface area contributed by atoms with Gasteiger partial charge in [-0.05, 0) is 37.4 Å². The van der Waals surface area contributed by atoms with Crippen LogP contribution < -0.4 is 10.1 Å². The third-order valence-electron chi connectivity index (χ3n) is 3.30. The highest BCUT2D eigenvalue weighted by molar-refractivity contribution is 9.10. The maximum Gasteiger partial charge on any atom is 0.238 e. The first-order chi connectivity index (χ1) is 11.4. The minimum atomic E-state index is -0.680. The molecule has 1 N–H and O–H groups in total. The monoisotopic (exact) mass is 398 g/mol. The van der Waals surface area contributed by atoms with Crippen LogP contribution in [0.25, 0.3) is 0 Å². The summed E-state index contributed by atoms with van der Waals surface area (Å²) < 4.78 is 32.9. The van der Waals surface area contributed by atoms with Gasteiger partial charge in [-0.1, -0.05) is 15.9 Å². The fraction of sp³-hybridized carbons (Fsp3) is 0.235. The second kappa shape index (κ2) is 8.21. The number of ether oxygens (including phenoxy) is 1. The van der Waals surface area contributed by atoms with Gasteiger partial charge in [-0.25, -0.2) is 8.78 Å². The van der Waals surface area contributed by atoms with Gasteiger partial charge in [0.1, 0.15) is 17.4 Å². The number of rotatable bonds is 6. The van der Waals surface area contributed by atoms with Gasteiger partial charge in [-0.3, -0.25) is 9.69 Å². The van der Waals surface area contributed by atoms with Crippen LogP contribution in [0.2, 0.25) is 0 Å². The molecule has 128 valence electrons. The number of halogens is 3. The maximum absolute atomic E-state index is 13.5. The molecule has 0 radical (unpaired) electrons. The highest BCUT2D eigenvalue weighted by atomic mass is 79.9. The average molecular weight is 399 g/mol. The van der Waals surface area contributed by atoms with Crippen molar-refractivity contribution < 1.29 is 18.3 Å². The van der Waals surface area contributed by atoms with Gasteiger partial charge < -0.3 is 10.1 Å². The van der Waals surface area contributed by atoms with Gasteiger partial charge in [-0.2, -0.15) is 0 Å². The van der Waals surface area contributed by atoms with E-state index in [0.717, 1.165) is 28.2 Å². The summed E-state index contributed by atoms with van der Waals surface area (Å²) in [4.78, 5) is 13.8. The number of amides is 1. The first-order valence-corrected chi connectivity index (χ1v) is 7.94. The van der Waals surface area contributed by atoms with Gasteiger partial charge in [0.15, 0.2) is 0 Å². The van der Waals surface area contributed by atoms with E-state index in [-0.39, 0.29) is 12.2 Å². The lowest BCUT2D eigenvalue weighted by Crippen LogP contribution is -2.30. The van der Waals surface area contributed by atoms with E-state index in [1.165, 1.54) is 0 Å². The Bertz CT molecular complexity index is 741. The highest BCUT2D eigenvalue weighted by Gasteiger charge is 2.13. The highest BCUT2D eigenvalue weighted by Crippen LogP contribution is 2.24. The summed E-state index contributed by atoms with van der Waals surface area (Å²) in [5.74, 6) is -1.02. The summed E-state index contributed by atoms with van der Waals surface area (Å²) >= 11 is 3.39. The maximum atomic E-state index is 13.5. The molecule has 0 unspecified atom stereocenters. The molecule has 1 amide bonds. The average Bonchev–Trinajstić information content (AvgIpc) is 2.51. The topological polar surface area (TPSA) is 41.6 Å². The van der Waals surface area contributed by atoms with E-state index in [2.05, 4.69) is 21.2 Å². The minimum absolute atomic E-state index is 0.0195. The van der Waals surface area contributed by atoms with E-state index in [1.807, 2.05) is 18.2 Å². The third-order valence-corrected chi connectivity index (χ3v) is 3.79. The number of likely N-dealkylation sites (N-methyl/N-ethyl adjacent to an activating group) is 1. The van der Waals surface area contributed by atoms with Crippen LogP contribution in [0.15, 0.2) is 40.9 Å². The Labute approximate surface area is 147 Å². The summed E-state index contributed by atoms with van der Waals surface area (Å²) in [6, 6.07) is 8.51. The first kappa shape index (κ1) is 18.4. The van der Waals surface area contributed by atoms with Crippen molar-refractivity contribution in [2.75, 3.05) is 26.0 Å².